The van der Waals surface area contributed by atoms with Crippen molar-refractivity contribution in [2.45, 2.75) is 85.7 Å². The first-order valence-electron chi connectivity index (χ1n) is 24.8. The van der Waals surface area contributed by atoms with Crippen LogP contribution in [0.4, 0.5) is 0 Å². The van der Waals surface area contributed by atoms with Gasteiger partial charge in [0.2, 0.25) is 0 Å². The fourth-order valence-electron chi connectivity index (χ4n) is 8.09. The van der Waals surface area contributed by atoms with Crippen molar-refractivity contribution in [3.63, 3.8) is 0 Å². The maximum atomic E-state index is 12.1. The highest BCUT2D eigenvalue weighted by Crippen LogP contribution is 2.40. The average molecular weight is 989 g/mol. The number of esters is 2. The van der Waals surface area contributed by atoms with Crippen molar-refractivity contribution in [3.05, 3.63) is 197 Å². The number of para-hydroxylation sites is 1. The van der Waals surface area contributed by atoms with Crippen LogP contribution in [0.15, 0.2) is 174 Å². The molecule has 11 heteroatoms. The quantitative estimate of drug-likeness (QED) is 0.0299. The predicted molar refractivity (Wildman–Crippen MR) is 293 cm³/mol. The molecule has 0 saturated heterocycles. The van der Waals surface area contributed by atoms with Crippen molar-refractivity contribution in [2.75, 3.05) is 20.8 Å². The average Bonchev–Trinajstić information content (AvgIpc) is 3.40. The van der Waals surface area contributed by atoms with Crippen LogP contribution >= 0.6 is 0 Å². The van der Waals surface area contributed by atoms with Crippen LogP contribution in [0.3, 0.4) is 0 Å². The number of carbonyl (C=O) groups excluding carboxylic acids is 3. The standard InChI is InChI=1S/C18H26O3.C16H22O3.C14H12N2.C14H12O3/c1-4-6-7-15(5-2)14-21-18(19)13-10-16-8-11-17(20-3)12-9-16;1-11-8-12(10-16(2,3)9-11)19-15(18)13-6-4-5-7-14(13)17;1-3-7-13(8-4-1)11-15-16-12-14-9-5-2-6-10-14;1-17-11-7-8-12(13(15)9-11)14(16)10-5-3-2-4-6-10/h8-13,15H,4-7,14H2,1-3H3;4-7,11-12,17H,8-10H2,1-3H3;1-12H;2-9,15H,1H3/b13-10+;;15-11+,16-12+;. The molecule has 6 aromatic carbocycles. The van der Waals surface area contributed by atoms with E-state index in [2.05, 4.69) is 44.8 Å². The van der Waals surface area contributed by atoms with Crippen LogP contribution in [0.5, 0.6) is 23.0 Å². The Morgan fingerprint density at radius 3 is 1.77 bits per heavy atom. The van der Waals surface area contributed by atoms with Gasteiger partial charge in [0.25, 0.3) is 0 Å². The largest absolute Gasteiger partial charge is 0.507 e. The first-order chi connectivity index (χ1) is 35.2. The number of carbonyl (C=O) groups is 3. The number of phenolic OH excluding ortho intramolecular Hbond substituents is 2. The molecule has 384 valence electrons. The summed E-state index contributed by atoms with van der Waals surface area (Å²) in [5, 5.41) is 27.4. The number of benzene rings is 6. The minimum atomic E-state index is -0.423. The number of methoxy groups -OCH3 is 2. The molecule has 0 bridgehead atoms. The zero-order valence-electron chi connectivity index (χ0n) is 43.4. The molecule has 2 N–H and O–H groups in total. The number of unbranched alkanes of at least 4 members (excludes halogenated alkanes) is 1. The summed E-state index contributed by atoms with van der Waals surface area (Å²) in [6.07, 6.45) is 14.2. The second-order valence-electron chi connectivity index (χ2n) is 18.5. The minimum absolute atomic E-state index is 0.0179. The number of nitrogens with zero attached hydrogens (tertiary/aromatic N) is 2. The molecular weight excluding hydrogens is 917 g/mol. The highest BCUT2D eigenvalue weighted by atomic mass is 16.5. The molecule has 6 aromatic rings. The first kappa shape index (κ1) is 57.8. The predicted octanol–water partition coefficient (Wildman–Crippen LogP) is 14.0. The van der Waals surface area contributed by atoms with E-state index in [1.807, 2.05) is 91.0 Å². The molecule has 3 atom stereocenters. The Hall–Kier alpha value is -7.79. The van der Waals surface area contributed by atoms with Gasteiger partial charge in [-0.25, -0.2) is 9.59 Å². The number of ketones is 1. The molecule has 0 radical (unpaired) electrons. The van der Waals surface area contributed by atoms with Gasteiger partial charge in [0.1, 0.15) is 34.7 Å². The minimum Gasteiger partial charge on any atom is -0.507 e. The van der Waals surface area contributed by atoms with E-state index in [1.54, 1.807) is 80.2 Å². The van der Waals surface area contributed by atoms with Crippen LogP contribution in [0.2, 0.25) is 0 Å². The Balaban J connectivity index is 0.000000212. The van der Waals surface area contributed by atoms with Gasteiger partial charge >= 0.3 is 11.9 Å². The Bertz CT molecular complexity index is 2600. The van der Waals surface area contributed by atoms with Crippen LogP contribution in [0, 0.1) is 17.3 Å². The Kier molecular flexibility index (Phi) is 25.0. The molecule has 0 amide bonds. The second-order valence-corrected chi connectivity index (χ2v) is 18.5. The lowest BCUT2D eigenvalue weighted by Gasteiger charge is -2.38. The van der Waals surface area contributed by atoms with E-state index in [9.17, 15) is 24.6 Å². The van der Waals surface area contributed by atoms with Crippen molar-refractivity contribution >= 4 is 36.2 Å². The van der Waals surface area contributed by atoms with Crippen molar-refractivity contribution in [1.82, 2.24) is 0 Å². The molecule has 0 spiro atoms. The summed E-state index contributed by atoms with van der Waals surface area (Å²) in [5.74, 6) is 1.37. The molecule has 1 aliphatic rings. The summed E-state index contributed by atoms with van der Waals surface area (Å²) in [6, 6.07) is 47.3. The Labute approximate surface area is 432 Å². The zero-order valence-corrected chi connectivity index (χ0v) is 43.4. The molecule has 11 nitrogen and oxygen atoms in total. The fraction of sp³-hybridized carbons (Fsp3) is 0.306. The van der Waals surface area contributed by atoms with E-state index in [1.165, 1.54) is 38.2 Å². The molecule has 7 rings (SSSR count). The van der Waals surface area contributed by atoms with Crippen LogP contribution in [-0.2, 0) is 14.3 Å². The van der Waals surface area contributed by atoms with Gasteiger partial charge < -0.3 is 29.2 Å². The van der Waals surface area contributed by atoms with Crippen LogP contribution in [-0.4, -0.2) is 67.3 Å². The number of aromatic hydroxyl groups is 2. The third kappa shape index (κ3) is 21.6. The van der Waals surface area contributed by atoms with E-state index in [4.69, 9.17) is 18.9 Å². The van der Waals surface area contributed by atoms with Gasteiger partial charge in [-0.2, -0.15) is 10.2 Å². The number of ether oxygens (including phenoxy) is 4. The Morgan fingerprint density at radius 2 is 1.23 bits per heavy atom. The van der Waals surface area contributed by atoms with Gasteiger partial charge in [-0.3, -0.25) is 4.79 Å². The summed E-state index contributed by atoms with van der Waals surface area (Å²) < 4.78 is 20.9. The third-order valence-corrected chi connectivity index (χ3v) is 11.8. The fourth-order valence-corrected chi connectivity index (χ4v) is 8.09. The molecule has 1 aliphatic carbocycles. The van der Waals surface area contributed by atoms with Crippen molar-refractivity contribution < 1.29 is 43.5 Å². The van der Waals surface area contributed by atoms with Crippen LogP contribution in [0.1, 0.15) is 123 Å². The summed E-state index contributed by atoms with van der Waals surface area (Å²) >= 11 is 0. The zero-order chi connectivity index (χ0) is 52.9. The highest BCUT2D eigenvalue weighted by Gasteiger charge is 2.34. The molecular formula is C62H72N2O9. The molecule has 1 saturated carbocycles. The van der Waals surface area contributed by atoms with E-state index in [0.29, 0.717) is 29.8 Å². The summed E-state index contributed by atoms with van der Waals surface area (Å²) in [6.45, 7) is 11.5. The van der Waals surface area contributed by atoms with Crippen LogP contribution < -0.4 is 9.47 Å². The van der Waals surface area contributed by atoms with Gasteiger partial charge in [-0.05, 0) is 102 Å². The number of hydrogen-bond acceptors (Lipinski definition) is 11. The first-order valence-corrected chi connectivity index (χ1v) is 24.8. The number of hydrogen-bond donors (Lipinski definition) is 2. The van der Waals surface area contributed by atoms with Gasteiger partial charge in [0.15, 0.2) is 5.78 Å². The van der Waals surface area contributed by atoms with Gasteiger partial charge in [-0.1, -0.05) is 169 Å². The smallest absolute Gasteiger partial charge is 0.342 e. The highest BCUT2D eigenvalue weighted by molar-refractivity contribution is 6.10. The second kappa shape index (κ2) is 31.5. The lowest BCUT2D eigenvalue weighted by molar-refractivity contribution is -0.139. The van der Waals surface area contributed by atoms with E-state index in [-0.39, 0.29) is 45.9 Å². The molecule has 73 heavy (non-hydrogen) atoms. The van der Waals surface area contributed by atoms with E-state index in [0.717, 1.165) is 54.5 Å². The van der Waals surface area contributed by atoms with Gasteiger partial charge in [0.05, 0.1) is 38.8 Å². The van der Waals surface area contributed by atoms with E-state index >= 15 is 0 Å². The maximum Gasteiger partial charge on any atom is 0.342 e. The van der Waals surface area contributed by atoms with Crippen molar-refractivity contribution in [2.24, 2.45) is 27.5 Å². The third-order valence-electron chi connectivity index (χ3n) is 11.8. The lowest BCUT2D eigenvalue weighted by atomic mass is 9.71. The maximum absolute atomic E-state index is 12.1. The van der Waals surface area contributed by atoms with Gasteiger partial charge in [-0.15, -0.1) is 0 Å². The SMILES string of the molecule is C(=N\N=C\c1ccccc1)/c1ccccc1.CC1CC(OC(=O)c2ccccc2O)CC(C)(C)C1.CCCCC(CC)COC(=O)/C=C/c1ccc(OC)cc1.COc1ccc(C(=O)c2ccccc2)c(O)c1. The van der Waals surface area contributed by atoms with Gasteiger partial charge in [0, 0.05) is 17.7 Å². The normalized spacial score (nSPS) is 15.1. The molecule has 1 fully saturated rings. The lowest BCUT2D eigenvalue weighted by Crippen LogP contribution is -2.34. The Morgan fingerprint density at radius 1 is 0.671 bits per heavy atom. The summed E-state index contributed by atoms with van der Waals surface area (Å²) in [5.41, 5.74) is 4.33. The van der Waals surface area contributed by atoms with Crippen LogP contribution in [0.25, 0.3) is 6.08 Å². The summed E-state index contributed by atoms with van der Waals surface area (Å²) in [4.78, 5) is 35.8. The molecule has 0 aromatic heterocycles. The van der Waals surface area contributed by atoms with Crippen molar-refractivity contribution in [3.8, 4) is 23.0 Å². The molecule has 0 aliphatic heterocycles. The van der Waals surface area contributed by atoms with E-state index < -0.39 is 5.97 Å². The topological polar surface area (TPSA) is 153 Å². The molecule has 0 heterocycles. The number of phenols is 2. The van der Waals surface area contributed by atoms with Crippen molar-refractivity contribution in [1.29, 1.82) is 0 Å². The monoisotopic (exact) mass is 989 g/mol. The number of rotatable bonds is 17. The molecule has 3 unspecified atom stereocenters. The summed E-state index contributed by atoms with van der Waals surface area (Å²) in [7, 11) is 3.14.